The SMILES string of the molecule is CC/C=C\C/C=C\C/C=C\CCCCCCCCCC(=O)OC(COC(=O)CCCCCCC/C=C\CCCCCC)COC(=O)CCCCCCCCCCCCCCCCCCCCCCCCC/C=C\C/C=C\CCCCCCC. The van der Waals surface area contributed by atoms with Crippen molar-refractivity contribution in [3.05, 3.63) is 72.9 Å². The lowest BCUT2D eigenvalue weighted by Crippen LogP contribution is -2.30. The highest BCUT2D eigenvalue weighted by atomic mass is 16.6. The molecule has 0 aliphatic carbocycles. The van der Waals surface area contributed by atoms with E-state index in [9.17, 15) is 14.4 Å². The maximum atomic E-state index is 12.9. The number of unbranched alkanes of at least 4 members (excludes halogenated alkanes) is 44. The molecule has 0 radical (unpaired) electrons. The van der Waals surface area contributed by atoms with Crippen molar-refractivity contribution in [2.45, 2.75) is 386 Å². The molecule has 0 amide bonds. The largest absolute Gasteiger partial charge is 0.462 e. The number of ether oxygens (including phenoxy) is 3. The predicted octanol–water partition coefficient (Wildman–Crippen LogP) is 25.2. The number of rotatable bonds is 67. The molecule has 0 saturated carbocycles. The number of allylic oxidation sites excluding steroid dienone is 12. The summed E-state index contributed by atoms with van der Waals surface area (Å²) in [5.74, 6) is -0.877. The molecule has 0 aliphatic rings. The summed E-state index contributed by atoms with van der Waals surface area (Å²) in [5, 5.41) is 0. The van der Waals surface area contributed by atoms with Crippen LogP contribution in [0.4, 0.5) is 0 Å². The quantitative estimate of drug-likeness (QED) is 0.0261. The van der Waals surface area contributed by atoms with E-state index in [0.29, 0.717) is 19.3 Å². The number of carbonyl (C=O) groups excluding carboxylic acids is 3. The minimum atomic E-state index is -0.783. The molecule has 1 atom stereocenters. The first kappa shape index (κ1) is 79.8. The molecule has 83 heavy (non-hydrogen) atoms. The van der Waals surface area contributed by atoms with Gasteiger partial charge < -0.3 is 14.2 Å². The van der Waals surface area contributed by atoms with Crippen LogP contribution in [0.1, 0.15) is 380 Å². The van der Waals surface area contributed by atoms with Gasteiger partial charge in [-0.15, -0.1) is 0 Å². The van der Waals surface area contributed by atoms with Gasteiger partial charge in [-0.1, -0.05) is 325 Å². The second kappa shape index (κ2) is 71.3. The second-order valence-electron chi connectivity index (χ2n) is 24.5. The van der Waals surface area contributed by atoms with E-state index in [1.807, 2.05) is 0 Å². The van der Waals surface area contributed by atoms with Crippen molar-refractivity contribution in [3.8, 4) is 0 Å². The van der Waals surface area contributed by atoms with Crippen LogP contribution < -0.4 is 0 Å². The van der Waals surface area contributed by atoms with Gasteiger partial charge in [0.05, 0.1) is 0 Å². The normalized spacial score (nSPS) is 12.5. The van der Waals surface area contributed by atoms with Gasteiger partial charge in [0.1, 0.15) is 13.2 Å². The van der Waals surface area contributed by atoms with E-state index in [4.69, 9.17) is 14.2 Å². The molecule has 0 spiro atoms. The van der Waals surface area contributed by atoms with E-state index in [0.717, 1.165) is 96.3 Å². The molecule has 0 N–H and O–H groups in total. The van der Waals surface area contributed by atoms with Crippen LogP contribution in [0.2, 0.25) is 0 Å². The Morgan fingerprint density at radius 3 is 0.759 bits per heavy atom. The van der Waals surface area contributed by atoms with Gasteiger partial charge in [-0.3, -0.25) is 14.4 Å². The van der Waals surface area contributed by atoms with E-state index in [2.05, 4.69) is 93.7 Å². The summed E-state index contributed by atoms with van der Waals surface area (Å²) in [5.41, 5.74) is 0. The van der Waals surface area contributed by atoms with Crippen molar-refractivity contribution in [1.82, 2.24) is 0 Å². The minimum absolute atomic E-state index is 0.0782. The molecular weight excluding hydrogens is 1020 g/mol. The second-order valence-corrected chi connectivity index (χ2v) is 24.5. The molecule has 0 aromatic rings. The Hall–Kier alpha value is -3.15. The van der Waals surface area contributed by atoms with Gasteiger partial charge in [-0.25, -0.2) is 0 Å². The summed E-state index contributed by atoms with van der Waals surface area (Å²) in [4.78, 5) is 38.4. The highest BCUT2D eigenvalue weighted by molar-refractivity contribution is 5.71. The van der Waals surface area contributed by atoms with E-state index in [-0.39, 0.29) is 31.1 Å². The van der Waals surface area contributed by atoms with Gasteiger partial charge in [0, 0.05) is 19.3 Å². The zero-order chi connectivity index (χ0) is 59.9. The van der Waals surface area contributed by atoms with E-state index in [1.165, 1.54) is 244 Å². The molecular formula is C77H138O6. The molecule has 6 heteroatoms. The third-order valence-corrected chi connectivity index (χ3v) is 16.2. The van der Waals surface area contributed by atoms with Gasteiger partial charge in [-0.05, 0) is 109 Å². The van der Waals surface area contributed by atoms with E-state index >= 15 is 0 Å². The standard InChI is InChI=1S/C77H138O6/c1-4-7-10-13-16-19-22-25-27-29-30-31-32-33-34-35-36-37-38-39-40-41-42-43-44-45-46-48-49-52-55-58-61-64-67-70-76(79)82-73-74(72-81-75(78)69-66-63-60-57-54-51-24-21-18-15-12-9-6-3)83-77(80)71-68-65-62-59-56-53-50-47-28-26-23-20-17-14-11-8-5-2/h8,11,17,20-22,24-26,28-30,74H,4-7,9-10,12-16,18-19,23,27,31-73H2,1-3H3/b11-8-,20-17-,24-21-,25-22-,28-26-,30-29-. The van der Waals surface area contributed by atoms with Crippen molar-refractivity contribution in [1.29, 1.82) is 0 Å². The fourth-order valence-corrected chi connectivity index (χ4v) is 10.7. The van der Waals surface area contributed by atoms with Crippen LogP contribution in [-0.4, -0.2) is 37.2 Å². The Morgan fingerprint density at radius 1 is 0.253 bits per heavy atom. The molecule has 0 bridgehead atoms. The van der Waals surface area contributed by atoms with Crippen LogP contribution in [0.15, 0.2) is 72.9 Å². The maximum Gasteiger partial charge on any atom is 0.306 e. The number of esters is 3. The molecule has 0 heterocycles. The molecule has 0 aliphatic heterocycles. The van der Waals surface area contributed by atoms with Gasteiger partial charge in [-0.2, -0.15) is 0 Å². The third kappa shape index (κ3) is 69.5. The van der Waals surface area contributed by atoms with Crippen LogP contribution in [0, 0.1) is 0 Å². The first-order chi connectivity index (χ1) is 41.0. The maximum absolute atomic E-state index is 12.9. The van der Waals surface area contributed by atoms with Gasteiger partial charge in [0.2, 0.25) is 0 Å². The smallest absolute Gasteiger partial charge is 0.306 e. The lowest BCUT2D eigenvalue weighted by atomic mass is 10.0. The Bertz CT molecular complexity index is 1520. The predicted molar refractivity (Wildman–Crippen MR) is 362 cm³/mol. The van der Waals surface area contributed by atoms with Gasteiger partial charge in [0.15, 0.2) is 6.10 Å². The van der Waals surface area contributed by atoms with Gasteiger partial charge >= 0.3 is 17.9 Å². The topological polar surface area (TPSA) is 78.9 Å². The summed E-state index contributed by atoms with van der Waals surface area (Å²) in [7, 11) is 0. The van der Waals surface area contributed by atoms with Crippen molar-refractivity contribution in [3.63, 3.8) is 0 Å². The lowest BCUT2D eigenvalue weighted by molar-refractivity contribution is -0.167. The zero-order valence-corrected chi connectivity index (χ0v) is 55.5. The first-order valence-electron chi connectivity index (χ1n) is 36.4. The van der Waals surface area contributed by atoms with Gasteiger partial charge in [0.25, 0.3) is 0 Å². The van der Waals surface area contributed by atoms with E-state index in [1.54, 1.807) is 0 Å². The Labute approximate surface area is 516 Å². The number of hydrogen-bond acceptors (Lipinski definition) is 6. The molecule has 0 rings (SSSR count). The summed E-state index contributed by atoms with van der Waals surface area (Å²) in [6.45, 7) is 6.54. The van der Waals surface area contributed by atoms with Crippen LogP contribution in [0.5, 0.6) is 0 Å². The monoisotopic (exact) mass is 1160 g/mol. The molecule has 0 aromatic heterocycles. The lowest BCUT2D eigenvalue weighted by Gasteiger charge is -2.18. The van der Waals surface area contributed by atoms with Crippen molar-refractivity contribution < 1.29 is 28.6 Å². The summed E-state index contributed by atoms with van der Waals surface area (Å²) in [6.07, 6.45) is 93.8. The van der Waals surface area contributed by atoms with Crippen LogP contribution in [0.25, 0.3) is 0 Å². The average molecular weight is 1160 g/mol. The number of hydrogen-bond donors (Lipinski definition) is 0. The Morgan fingerprint density at radius 2 is 0.470 bits per heavy atom. The van der Waals surface area contributed by atoms with Crippen molar-refractivity contribution >= 4 is 17.9 Å². The Balaban J connectivity index is 4.10. The van der Waals surface area contributed by atoms with Crippen LogP contribution >= 0.6 is 0 Å². The van der Waals surface area contributed by atoms with Crippen molar-refractivity contribution in [2.75, 3.05) is 13.2 Å². The molecule has 482 valence electrons. The molecule has 0 saturated heterocycles. The summed E-state index contributed by atoms with van der Waals surface area (Å²) < 4.78 is 17.0. The van der Waals surface area contributed by atoms with E-state index < -0.39 is 6.10 Å². The average Bonchev–Trinajstić information content (AvgIpc) is 3.49. The third-order valence-electron chi connectivity index (χ3n) is 16.2. The molecule has 0 fully saturated rings. The summed E-state index contributed by atoms with van der Waals surface area (Å²) >= 11 is 0. The highest BCUT2D eigenvalue weighted by Gasteiger charge is 2.19. The molecule has 6 nitrogen and oxygen atoms in total. The fourth-order valence-electron chi connectivity index (χ4n) is 10.7. The zero-order valence-electron chi connectivity index (χ0n) is 55.5. The number of carbonyl (C=O) groups is 3. The van der Waals surface area contributed by atoms with Crippen LogP contribution in [0.3, 0.4) is 0 Å². The van der Waals surface area contributed by atoms with Crippen LogP contribution in [-0.2, 0) is 28.6 Å². The molecule has 0 aromatic carbocycles. The molecule has 1 unspecified atom stereocenters. The van der Waals surface area contributed by atoms with Crippen molar-refractivity contribution in [2.24, 2.45) is 0 Å². The first-order valence-corrected chi connectivity index (χ1v) is 36.4. The Kier molecular flexibility index (Phi) is 68.6. The minimum Gasteiger partial charge on any atom is -0.462 e. The highest BCUT2D eigenvalue weighted by Crippen LogP contribution is 2.18. The summed E-state index contributed by atoms with van der Waals surface area (Å²) in [6, 6.07) is 0. The fraction of sp³-hybridized carbons (Fsp3) is 0.805.